The van der Waals surface area contributed by atoms with Gasteiger partial charge >= 0.3 is 0 Å². The maximum Gasteiger partial charge on any atom is 0.299 e. The number of morpholine rings is 1. The molecule has 2 fully saturated rings. The van der Waals surface area contributed by atoms with Crippen molar-refractivity contribution in [2.75, 3.05) is 48.9 Å². The minimum atomic E-state index is -0.787. The van der Waals surface area contributed by atoms with Crippen LogP contribution in [-0.4, -0.2) is 81.4 Å². The van der Waals surface area contributed by atoms with E-state index in [1.165, 1.54) is 4.90 Å². The number of fused-ring (bicyclic) bond motifs is 1. The summed E-state index contributed by atoms with van der Waals surface area (Å²) < 4.78 is 12.6. The molecule has 2 aliphatic heterocycles. The summed E-state index contributed by atoms with van der Waals surface area (Å²) in [7, 11) is 0. The summed E-state index contributed by atoms with van der Waals surface area (Å²) in [6.07, 6.45) is 8.90. The Balaban J connectivity index is 1.31. The van der Waals surface area contributed by atoms with Gasteiger partial charge in [-0.1, -0.05) is 26.0 Å². The number of nitrogens with zero attached hydrogens (tertiary/aromatic N) is 5. The molecule has 1 unspecified atom stereocenters. The smallest absolute Gasteiger partial charge is 0.299 e. The second-order valence-electron chi connectivity index (χ2n) is 10.2. The van der Waals surface area contributed by atoms with E-state index in [4.69, 9.17) is 25.9 Å². The van der Waals surface area contributed by atoms with Crippen molar-refractivity contribution in [1.29, 1.82) is 0 Å². The van der Waals surface area contributed by atoms with Gasteiger partial charge in [0.2, 0.25) is 17.8 Å². The lowest BCUT2D eigenvalue weighted by Gasteiger charge is -2.33. The number of terminal acetylenes is 1. The van der Waals surface area contributed by atoms with Crippen LogP contribution in [0.15, 0.2) is 30.5 Å². The number of rotatable bonds is 8. The Morgan fingerprint density at radius 1 is 1.18 bits per heavy atom. The fourth-order valence-electron chi connectivity index (χ4n) is 4.82. The van der Waals surface area contributed by atoms with E-state index in [0.717, 1.165) is 29.6 Å². The van der Waals surface area contributed by atoms with Crippen molar-refractivity contribution in [1.82, 2.24) is 24.5 Å². The summed E-state index contributed by atoms with van der Waals surface area (Å²) in [6, 6.07) is 6.92. The molecule has 12 nitrogen and oxygen atoms in total. The third-order valence-corrected chi connectivity index (χ3v) is 7.03. The van der Waals surface area contributed by atoms with Gasteiger partial charge in [-0.15, -0.1) is 6.42 Å². The molecule has 3 N–H and O–H groups in total. The Hall–Kier alpha value is -4.21. The van der Waals surface area contributed by atoms with Crippen LogP contribution in [0.2, 0.25) is 0 Å². The molecule has 2 saturated heterocycles. The number of nitrogens with one attached hydrogen (secondary N) is 3. The van der Waals surface area contributed by atoms with Gasteiger partial charge in [-0.3, -0.25) is 9.59 Å². The van der Waals surface area contributed by atoms with Crippen molar-refractivity contribution >= 4 is 35.0 Å². The molecule has 1 aromatic carbocycles. The molecule has 0 bridgehead atoms. The third kappa shape index (κ3) is 6.16. The van der Waals surface area contributed by atoms with Crippen LogP contribution in [0.3, 0.4) is 0 Å². The van der Waals surface area contributed by atoms with E-state index < -0.39 is 11.9 Å². The van der Waals surface area contributed by atoms with Crippen LogP contribution >= 0.6 is 0 Å². The zero-order valence-corrected chi connectivity index (χ0v) is 22.7. The zero-order valence-electron chi connectivity index (χ0n) is 22.7. The van der Waals surface area contributed by atoms with E-state index in [0.29, 0.717) is 43.9 Å². The average molecular weight is 547 g/mol. The molecule has 3 aromatic rings. The maximum absolute atomic E-state index is 13.0. The predicted molar refractivity (Wildman–Crippen MR) is 150 cm³/mol. The van der Waals surface area contributed by atoms with Gasteiger partial charge in [0.15, 0.2) is 5.65 Å². The van der Waals surface area contributed by atoms with Crippen molar-refractivity contribution < 1.29 is 19.1 Å². The molecule has 210 valence electrons. The summed E-state index contributed by atoms with van der Waals surface area (Å²) in [5.41, 5.74) is 3.30. The summed E-state index contributed by atoms with van der Waals surface area (Å²) in [5, 5.41) is 14.3. The lowest BCUT2D eigenvalue weighted by molar-refractivity contribution is -0.141. The van der Waals surface area contributed by atoms with Gasteiger partial charge in [0.25, 0.3) is 5.91 Å². The first-order valence-electron chi connectivity index (χ1n) is 13.5. The number of anilines is 3. The lowest BCUT2D eigenvalue weighted by Crippen LogP contribution is -2.54. The highest BCUT2D eigenvalue weighted by molar-refractivity contribution is 6.01. The topological polar surface area (TPSA) is 135 Å². The van der Waals surface area contributed by atoms with Gasteiger partial charge in [0.05, 0.1) is 19.4 Å². The van der Waals surface area contributed by atoms with Gasteiger partial charge in [-0.2, -0.15) is 19.6 Å². The third-order valence-electron chi connectivity index (χ3n) is 7.03. The highest BCUT2D eigenvalue weighted by Crippen LogP contribution is 2.24. The van der Waals surface area contributed by atoms with E-state index in [1.54, 1.807) is 10.6 Å². The Kier molecular flexibility index (Phi) is 8.42. The van der Waals surface area contributed by atoms with Crippen molar-refractivity contribution in [3.05, 3.63) is 41.6 Å². The fraction of sp³-hybridized carbons (Fsp3) is 0.464. The van der Waals surface area contributed by atoms with Crippen LogP contribution in [0.25, 0.3) is 5.65 Å². The molecule has 2 aromatic heterocycles. The number of amides is 2. The summed E-state index contributed by atoms with van der Waals surface area (Å²) in [4.78, 5) is 36.0. The number of ether oxygens (including phenoxy) is 2. The average Bonchev–Trinajstić information content (AvgIpc) is 3.41. The number of hydrogen-bond donors (Lipinski definition) is 3. The molecule has 1 atom stereocenters. The SMILES string of the molecule is C#CC(=O)N1CCOCC1C(=O)Nc1cccc(CNc2nc(NC3CCOCC3)nc3c(C(C)C)cnn23)c1. The van der Waals surface area contributed by atoms with E-state index in [2.05, 4.69) is 40.8 Å². The molecule has 0 saturated carbocycles. The van der Waals surface area contributed by atoms with Crippen molar-refractivity contribution in [3.63, 3.8) is 0 Å². The van der Waals surface area contributed by atoms with Crippen LogP contribution in [0.1, 0.15) is 43.7 Å². The summed E-state index contributed by atoms with van der Waals surface area (Å²) in [5.74, 6) is 2.56. The van der Waals surface area contributed by atoms with Crippen molar-refractivity contribution in [2.45, 2.75) is 51.2 Å². The molecule has 4 heterocycles. The standard InChI is InChI=1S/C28H34N8O4/c1-4-24(37)35-10-13-40-17-23(35)26(38)31-21-7-5-6-19(14-21)15-29-28-34-27(32-20-8-11-39-12-9-20)33-25-22(18(2)3)16-30-36(25)28/h1,5-7,14,16,18,20,23H,8-13,15,17H2,2-3H3,(H,31,38)(H2,29,32,33,34). The first-order valence-corrected chi connectivity index (χ1v) is 13.5. The van der Waals surface area contributed by atoms with E-state index >= 15 is 0 Å². The molecule has 0 radical (unpaired) electrons. The molecule has 12 heteroatoms. The Morgan fingerprint density at radius 3 is 2.77 bits per heavy atom. The highest BCUT2D eigenvalue weighted by Gasteiger charge is 2.32. The second kappa shape index (κ2) is 12.3. The van der Waals surface area contributed by atoms with Gasteiger partial charge in [0.1, 0.15) is 6.04 Å². The molecule has 2 amide bonds. The maximum atomic E-state index is 13.0. The van der Waals surface area contributed by atoms with Crippen LogP contribution in [0.4, 0.5) is 17.6 Å². The largest absolute Gasteiger partial charge is 0.381 e. The van der Waals surface area contributed by atoms with E-state index in [-0.39, 0.29) is 31.0 Å². The van der Waals surface area contributed by atoms with Gasteiger partial charge in [-0.05, 0) is 42.4 Å². The first-order chi connectivity index (χ1) is 19.4. The first kappa shape index (κ1) is 27.4. The molecular formula is C28H34N8O4. The minimum absolute atomic E-state index is 0.0939. The van der Waals surface area contributed by atoms with Crippen LogP contribution in [0.5, 0.6) is 0 Å². The van der Waals surface area contributed by atoms with E-state index in [1.807, 2.05) is 24.4 Å². The lowest BCUT2D eigenvalue weighted by atomic mass is 10.1. The second-order valence-corrected chi connectivity index (χ2v) is 10.2. The molecular weight excluding hydrogens is 512 g/mol. The number of benzene rings is 1. The van der Waals surface area contributed by atoms with Crippen molar-refractivity contribution in [2.24, 2.45) is 0 Å². The Bertz CT molecular complexity index is 1410. The number of carbonyl (C=O) groups excluding carboxylic acids is 2. The normalized spacial score (nSPS) is 17.9. The molecule has 5 rings (SSSR count). The van der Waals surface area contributed by atoms with Crippen molar-refractivity contribution in [3.8, 4) is 12.3 Å². The van der Waals surface area contributed by atoms with Gasteiger partial charge in [-0.25, -0.2) is 0 Å². The Labute approximate surface area is 232 Å². The van der Waals surface area contributed by atoms with Gasteiger partial charge in [0, 0.05) is 43.6 Å². The number of carbonyl (C=O) groups is 2. The molecule has 0 spiro atoms. The summed E-state index contributed by atoms with van der Waals surface area (Å²) in [6.45, 7) is 6.79. The fourth-order valence-corrected chi connectivity index (χ4v) is 4.82. The van der Waals surface area contributed by atoms with Gasteiger partial charge < -0.3 is 30.3 Å². The highest BCUT2D eigenvalue weighted by atomic mass is 16.5. The monoisotopic (exact) mass is 546 g/mol. The van der Waals surface area contributed by atoms with Crippen LogP contribution in [-0.2, 0) is 25.6 Å². The molecule has 2 aliphatic rings. The number of aromatic nitrogens is 4. The zero-order chi connectivity index (χ0) is 28.1. The van der Waals surface area contributed by atoms with Crippen LogP contribution in [0, 0.1) is 12.3 Å². The van der Waals surface area contributed by atoms with E-state index in [9.17, 15) is 9.59 Å². The quantitative estimate of drug-likeness (QED) is 0.364. The molecule has 40 heavy (non-hydrogen) atoms. The predicted octanol–water partition coefficient (Wildman–Crippen LogP) is 2.25. The molecule has 0 aliphatic carbocycles. The number of hydrogen-bond acceptors (Lipinski definition) is 9. The minimum Gasteiger partial charge on any atom is -0.381 e. The Morgan fingerprint density at radius 2 is 2.00 bits per heavy atom. The van der Waals surface area contributed by atoms with Crippen LogP contribution < -0.4 is 16.0 Å². The summed E-state index contributed by atoms with van der Waals surface area (Å²) >= 11 is 0.